The van der Waals surface area contributed by atoms with Crippen molar-refractivity contribution in [1.82, 2.24) is 0 Å². The molecule has 19 heteroatoms. The van der Waals surface area contributed by atoms with Crippen LogP contribution in [0.3, 0.4) is 0 Å². The molecule has 0 aromatic heterocycles. The van der Waals surface area contributed by atoms with Crippen LogP contribution in [0, 0.1) is 0 Å². The molecule has 2 aliphatic rings. The Balaban J connectivity index is -0.000000883. The van der Waals surface area contributed by atoms with Crippen molar-refractivity contribution in [2.24, 2.45) is 0 Å². The van der Waals surface area contributed by atoms with E-state index in [0.717, 1.165) is 0 Å². The van der Waals surface area contributed by atoms with Crippen molar-refractivity contribution in [3.05, 3.63) is 0 Å². The summed E-state index contributed by atoms with van der Waals surface area (Å²) in [7, 11) is -4.64. The van der Waals surface area contributed by atoms with Gasteiger partial charge in [0.2, 0.25) is 0 Å². The Bertz CT molecular complexity index is 515. The first-order valence-corrected chi connectivity index (χ1v) is 9.43. The van der Waals surface area contributed by atoms with Gasteiger partial charge in [0.1, 0.15) is 48.8 Å². The van der Waals surface area contributed by atoms with Crippen molar-refractivity contribution in [1.29, 1.82) is 0 Å². The first kappa shape index (κ1) is 37.7. The topological polar surface area (TPSA) is 299 Å². The van der Waals surface area contributed by atoms with E-state index in [9.17, 15) is 35.7 Å². The molecule has 0 aromatic rings. The maximum atomic E-state index is 9.94. The van der Waals surface area contributed by atoms with Crippen LogP contribution in [-0.4, -0.2) is 211 Å². The van der Waals surface area contributed by atoms with Crippen molar-refractivity contribution in [2.45, 2.75) is 61.4 Å². The van der Waals surface area contributed by atoms with E-state index in [0.29, 0.717) is 0 Å². The molecule has 2 heterocycles. The van der Waals surface area contributed by atoms with Gasteiger partial charge in [-0.2, -0.15) is 0 Å². The van der Waals surface area contributed by atoms with Gasteiger partial charge in [-0.05, 0) is 0 Å². The summed E-state index contributed by atoms with van der Waals surface area (Å²) in [5, 5.41) is 76.5. The summed E-state index contributed by atoms with van der Waals surface area (Å²) in [5.74, 6) is 0. The van der Waals surface area contributed by atoms with E-state index in [1.807, 2.05) is 0 Å². The Labute approximate surface area is 235 Å². The summed E-state index contributed by atoms with van der Waals surface area (Å²) in [5.41, 5.74) is 0. The Hall–Kier alpha value is 2.15. The van der Waals surface area contributed by atoms with E-state index in [-0.39, 0.29) is 81.0 Å². The second kappa shape index (κ2) is 16.8. The van der Waals surface area contributed by atoms with Gasteiger partial charge in [0.15, 0.2) is 12.6 Å². The van der Waals surface area contributed by atoms with E-state index in [4.69, 9.17) is 38.6 Å². The molecule has 0 aromatic carbocycles. The van der Waals surface area contributed by atoms with E-state index in [1.165, 1.54) is 0 Å². The molecule has 13 N–H and O–H groups in total. The quantitative estimate of drug-likeness (QED) is 0.116. The normalized spacial score (nSPS) is 40.2. The minimum atomic E-state index is -4.64. The summed E-state index contributed by atoms with van der Waals surface area (Å²) in [6.07, 6.45) is -15.6. The van der Waals surface area contributed by atoms with Gasteiger partial charge in [-0.25, -0.2) is 4.57 Å². The van der Waals surface area contributed by atoms with E-state index < -0.39 is 82.4 Å². The summed E-state index contributed by atoms with van der Waals surface area (Å²) >= 11 is 0. The SMILES string of the molecule is O.O=P(O)(O)O.OC[C@H]1O[C@@H](O[C@H]2[C@H](O)[C@@H](O)C(O)O[C@@H]2CO)[C@H](O)[C@@H](O)[C@H]1O.[CaH2].[CaH2]. The van der Waals surface area contributed by atoms with Gasteiger partial charge in [0.05, 0.1) is 13.2 Å². The molecule has 1 unspecified atom stereocenters. The fourth-order valence-corrected chi connectivity index (χ4v) is 2.57. The molecule has 0 amide bonds. The van der Waals surface area contributed by atoms with Gasteiger partial charge in [0, 0.05) is 0 Å². The molecule has 0 radical (unpaired) electrons. The third-order valence-corrected chi connectivity index (χ3v) is 3.98. The van der Waals surface area contributed by atoms with Crippen molar-refractivity contribution in [3.8, 4) is 0 Å². The second-order valence-electron chi connectivity index (χ2n) is 6.04. The van der Waals surface area contributed by atoms with Crippen LogP contribution in [0.5, 0.6) is 0 Å². The van der Waals surface area contributed by atoms with Crippen LogP contribution >= 0.6 is 7.82 Å². The van der Waals surface area contributed by atoms with E-state index in [1.54, 1.807) is 0 Å². The predicted octanol–water partition coefficient (Wildman–Crippen LogP) is -8.98. The molecule has 2 aliphatic heterocycles. The molecule has 31 heavy (non-hydrogen) atoms. The van der Waals surface area contributed by atoms with Gasteiger partial charge < -0.3 is 75.2 Å². The van der Waals surface area contributed by atoms with Gasteiger partial charge >= 0.3 is 83.3 Å². The zero-order valence-electron chi connectivity index (χ0n) is 14.7. The summed E-state index contributed by atoms with van der Waals surface area (Å²) in [6, 6.07) is 0. The van der Waals surface area contributed by atoms with Crippen LogP contribution in [0.25, 0.3) is 0 Å². The zero-order valence-corrected chi connectivity index (χ0v) is 15.6. The molecule has 0 aliphatic carbocycles. The molecule has 2 saturated heterocycles. The van der Waals surface area contributed by atoms with Crippen LogP contribution in [0.4, 0.5) is 0 Å². The number of aliphatic hydroxyl groups is 8. The molecule has 2 rings (SSSR count). The molecule has 10 atom stereocenters. The third kappa shape index (κ3) is 11.6. The first-order chi connectivity index (χ1) is 12.8. The average molecular weight is 542 g/mol. The fourth-order valence-electron chi connectivity index (χ4n) is 2.57. The van der Waals surface area contributed by atoms with Crippen LogP contribution < -0.4 is 0 Å². The Morgan fingerprint density at radius 3 is 1.58 bits per heavy atom. The predicted molar refractivity (Wildman–Crippen MR) is 104 cm³/mol. The Kier molecular flexibility index (Phi) is 20.4. The van der Waals surface area contributed by atoms with Crippen LogP contribution in [0.1, 0.15) is 0 Å². The standard InChI is InChI=1S/C12H22O11.2Ca.H3O4P.H2O.4H/c13-1-3-5(15)6(16)9(19)12(22-3)23-10-4(2-14)21-11(20)8(18)7(10)17;;;1-5(2,3)4;;;;;/h3-20H,1-2H2;;;(H3,1,2,3,4);1H2;;;;/t3-,4-,5+,6+,7-,8-,9-,10-,11?,12+;;;;;;;;/m1......../s1. The second-order valence-corrected chi connectivity index (χ2v) is 7.07. The number of hydrogen-bond acceptors (Lipinski definition) is 12. The minimum absolute atomic E-state index is 0. The maximum absolute atomic E-state index is 9.94. The van der Waals surface area contributed by atoms with Crippen molar-refractivity contribution >= 4 is 83.3 Å². The van der Waals surface area contributed by atoms with Gasteiger partial charge in [0.25, 0.3) is 0 Å². The molecule has 16 nitrogen and oxygen atoms in total. The Morgan fingerprint density at radius 1 is 0.710 bits per heavy atom. The summed E-state index contributed by atoms with van der Waals surface area (Å²) < 4.78 is 24.1. The van der Waals surface area contributed by atoms with Crippen LogP contribution in [-0.2, 0) is 18.8 Å². The van der Waals surface area contributed by atoms with Gasteiger partial charge in [-0.15, -0.1) is 0 Å². The molecule has 184 valence electrons. The van der Waals surface area contributed by atoms with Crippen molar-refractivity contribution < 1.29 is 79.8 Å². The first-order valence-electron chi connectivity index (χ1n) is 7.86. The van der Waals surface area contributed by atoms with Crippen molar-refractivity contribution in [2.75, 3.05) is 13.2 Å². The molecule has 2 fully saturated rings. The zero-order chi connectivity index (χ0) is 21.8. The number of hydrogen-bond donors (Lipinski definition) is 11. The van der Waals surface area contributed by atoms with Crippen molar-refractivity contribution in [3.63, 3.8) is 0 Å². The third-order valence-electron chi connectivity index (χ3n) is 3.98. The fraction of sp³-hybridized carbons (Fsp3) is 1.00. The van der Waals surface area contributed by atoms with Gasteiger partial charge in [-0.1, -0.05) is 0 Å². The molecular formula is C12H31Ca2O16P. The summed E-state index contributed by atoms with van der Waals surface area (Å²) in [6.45, 7) is -1.35. The molecule has 0 saturated carbocycles. The molecule has 0 bridgehead atoms. The molecule has 0 spiro atoms. The van der Waals surface area contributed by atoms with E-state index >= 15 is 0 Å². The van der Waals surface area contributed by atoms with E-state index in [2.05, 4.69) is 0 Å². The Morgan fingerprint density at radius 2 is 1.16 bits per heavy atom. The number of ether oxygens (including phenoxy) is 3. The average Bonchev–Trinajstić information content (AvgIpc) is 2.60. The number of aliphatic hydroxyl groups excluding tert-OH is 8. The molecular weight excluding hydrogens is 511 g/mol. The number of phosphoric acid groups is 1. The summed E-state index contributed by atoms with van der Waals surface area (Å²) in [4.78, 5) is 21.6. The van der Waals surface area contributed by atoms with Crippen LogP contribution in [0.2, 0.25) is 0 Å². The van der Waals surface area contributed by atoms with Crippen LogP contribution in [0.15, 0.2) is 0 Å². The monoisotopic (exact) mass is 542 g/mol. The van der Waals surface area contributed by atoms with Gasteiger partial charge in [-0.3, -0.25) is 0 Å². The number of rotatable bonds is 4.